The molecule has 1 N–H and O–H groups in total. The number of piperidine rings is 1. The molecule has 8 heteroatoms. The van der Waals surface area contributed by atoms with Gasteiger partial charge < -0.3 is 15.0 Å². The normalized spacial score (nSPS) is 22.2. The van der Waals surface area contributed by atoms with E-state index in [-0.39, 0.29) is 17.9 Å². The van der Waals surface area contributed by atoms with Gasteiger partial charge in [-0.25, -0.2) is 0 Å². The number of aromatic nitrogens is 4. The molecular weight excluding hydrogens is 308 g/mol. The Morgan fingerprint density at radius 1 is 1.29 bits per heavy atom. The molecule has 8 nitrogen and oxygen atoms in total. The average molecular weight is 330 g/mol. The Morgan fingerprint density at radius 2 is 2.17 bits per heavy atom. The Morgan fingerprint density at radius 3 is 2.96 bits per heavy atom. The molecule has 2 aromatic heterocycles. The number of nitrogens with one attached hydrogen (secondary N) is 1. The number of rotatable bonds is 4. The van der Waals surface area contributed by atoms with Crippen molar-refractivity contribution in [2.24, 2.45) is 5.92 Å². The van der Waals surface area contributed by atoms with Crippen LogP contribution in [0.25, 0.3) is 5.65 Å². The first-order valence-electron chi connectivity index (χ1n) is 8.61. The molecule has 0 spiro atoms. The van der Waals surface area contributed by atoms with Crippen LogP contribution in [0.3, 0.4) is 0 Å². The summed E-state index contributed by atoms with van der Waals surface area (Å²) in [5, 5.41) is 15.4. The lowest BCUT2D eigenvalue weighted by atomic mass is 9.96. The zero-order valence-corrected chi connectivity index (χ0v) is 13.6. The van der Waals surface area contributed by atoms with E-state index in [0.29, 0.717) is 6.54 Å². The van der Waals surface area contributed by atoms with E-state index >= 15 is 0 Å². The Hall–Kier alpha value is -2.22. The maximum Gasteiger partial charge on any atom is 0.223 e. The SMILES string of the molecule is O=C(NC[C@@H]1CCCO1)C1CCN(c2ccc3nncn3n2)CC1. The number of carbonyl (C=O) groups excluding carboxylic acids is 1. The van der Waals surface area contributed by atoms with Crippen LogP contribution >= 0.6 is 0 Å². The van der Waals surface area contributed by atoms with Crippen LogP contribution in [0.15, 0.2) is 18.5 Å². The summed E-state index contributed by atoms with van der Waals surface area (Å²) >= 11 is 0. The molecule has 4 rings (SSSR count). The first-order chi connectivity index (χ1) is 11.8. The van der Waals surface area contributed by atoms with Crippen molar-refractivity contribution in [3.05, 3.63) is 18.5 Å². The van der Waals surface area contributed by atoms with Crippen molar-refractivity contribution < 1.29 is 9.53 Å². The van der Waals surface area contributed by atoms with Gasteiger partial charge in [-0.15, -0.1) is 15.3 Å². The van der Waals surface area contributed by atoms with E-state index in [1.54, 1.807) is 10.8 Å². The van der Waals surface area contributed by atoms with Crippen molar-refractivity contribution >= 4 is 17.4 Å². The highest BCUT2D eigenvalue weighted by Gasteiger charge is 2.26. The molecule has 2 aliphatic rings. The number of ether oxygens (including phenoxy) is 1. The maximum absolute atomic E-state index is 12.3. The number of fused-ring (bicyclic) bond motifs is 1. The molecule has 0 aromatic carbocycles. The summed E-state index contributed by atoms with van der Waals surface area (Å²) in [6, 6.07) is 3.87. The van der Waals surface area contributed by atoms with E-state index in [4.69, 9.17) is 4.74 Å². The highest BCUT2D eigenvalue weighted by molar-refractivity contribution is 5.79. The van der Waals surface area contributed by atoms with Crippen LogP contribution in [0.5, 0.6) is 0 Å². The molecular formula is C16H22N6O2. The molecule has 0 radical (unpaired) electrons. The first-order valence-corrected chi connectivity index (χ1v) is 8.61. The Labute approximate surface area is 140 Å². The number of hydrogen-bond acceptors (Lipinski definition) is 6. The van der Waals surface area contributed by atoms with E-state index in [0.717, 1.165) is 56.8 Å². The molecule has 0 aliphatic carbocycles. The fourth-order valence-corrected chi connectivity index (χ4v) is 3.42. The van der Waals surface area contributed by atoms with Gasteiger partial charge in [0.2, 0.25) is 5.91 Å². The summed E-state index contributed by atoms with van der Waals surface area (Å²) in [6.45, 7) is 3.13. The third kappa shape index (κ3) is 3.19. The molecule has 2 aliphatic heterocycles. The molecule has 2 saturated heterocycles. The standard InChI is InChI=1S/C16H22N6O2/c23-16(17-10-13-2-1-9-24-13)12-5-7-21(8-6-12)15-4-3-14-19-18-11-22(14)20-15/h3-4,11-13H,1-2,5-10H2,(H,17,23)/t13-/m0/s1. The lowest BCUT2D eigenvalue weighted by Gasteiger charge is -2.32. The van der Waals surface area contributed by atoms with Gasteiger partial charge in [0, 0.05) is 32.2 Å². The zero-order chi connectivity index (χ0) is 16.4. The summed E-state index contributed by atoms with van der Waals surface area (Å²) in [5.74, 6) is 1.15. The van der Waals surface area contributed by atoms with Gasteiger partial charge in [0.05, 0.1) is 6.10 Å². The second-order valence-electron chi connectivity index (χ2n) is 6.47. The van der Waals surface area contributed by atoms with Gasteiger partial charge in [0.1, 0.15) is 12.1 Å². The number of amides is 1. The quantitative estimate of drug-likeness (QED) is 0.885. The lowest BCUT2D eigenvalue weighted by molar-refractivity contribution is -0.126. The van der Waals surface area contributed by atoms with E-state index in [1.165, 1.54) is 0 Å². The zero-order valence-electron chi connectivity index (χ0n) is 13.6. The molecule has 2 fully saturated rings. The molecule has 0 saturated carbocycles. The maximum atomic E-state index is 12.3. The Balaban J connectivity index is 1.30. The summed E-state index contributed by atoms with van der Waals surface area (Å²) in [6.07, 6.45) is 5.65. The molecule has 0 unspecified atom stereocenters. The lowest BCUT2D eigenvalue weighted by Crippen LogP contribution is -2.42. The summed E-state index contributed by atoms with van der Waals surface area (Å²) in [7, 11) is 0. The van der Waals surface area contributed by atoms with Crippen LogP contribution in [-0.4, -0.2) is 58.1 Å². The minimum absolute atomic E-state index is 0.0845. The van der Waals surface area contributed by atoms with Crippen LogP contribution < -0.4 is 10.2 Å². The first kappa shape index (κ1) is 15.3. The van der Waals surface area contributed by atoms with Crippen molar-refractivity contribution in [1.82, 2.24) is 25.1 Å². The second-order valence-corrected chi connectivity index (χ2v) is 6.47. The molecule has 24 heavy (non-hydrogen) atoms. The summed E-state index contributed by atoms with van der Waals surface area (Å²) in [5.41, 5.74) is 0.738. The molecule has 4 heterocycles. The number of nitrogens with zero attached hydrogens (tertiary/aromatic N) is 5. The fraction of sp³-hybridized carbons (Fsp3) is 0.625. The van der Waals surface area contributed by atoms with Gasteiger partial charge in [-0.05, 0) is 37.8 Å². The third-order valence-corrected chi connectivity index (χ3v) is 4.87. The van der Waals surface area contributed by atoms with Gasteiger partial charge >= 0.3 is 0 Å². The molecule has 1 amide bonds. The average Bonchev–Trinajstić information content (AvgIpc) is 3.30. The smallest absolute Gasteiger partial charge is 0.223 e. The predicted octanol–water partition coefficient (Wildman–Crippen LogP) is 0.636. The minimum atomic E-state index is 0.0845. The number of anilines is 1. The Kier molecular flexibility index (Phi) is 4.29. The van der Waals surface area contributed by atoms with E-state index < -0.39 is 0 Å². The second kappa shape index (κ2) is 6.72. The predicted molar refractivity (Wildman–Crippen MR) is 87.7 cm³/mol. The van der Waals surface area contributed by atoms with Gasteiger partial charge in [0.15, 0.2) is 5.65 Å². The van der Waals surface area contributed by atoms with Crippen LogP contribution in [0.2, 0.25) is 0 Å². The van der Waals surface area contributed by atoms with Crippen LogP contribution in [0, 0.1) is 5.92 Å². The monoisotopic (exact) mass is 330 g/mol. The molecule has 1 atom stereocenters. The Bertz CT molecular complexity index is 703. The van der Waals surface area contributed by atoms with Crippen LogP contribution in [0.1, 0.15) is 25.7 Å². The van der Waals surface area contributed by atoms with Crippen molar-refractivity contribution in [3.8, 4) is 0 Å². The number of hydrogen-bond donors (Lipinski definition) is 1. The summed E-state index contributed by atoms with van der Waals surface area (Å²) < 4.78 is 7.23. The van der Waals surface area contributed by atoms with E-state index in [1.807, 2.05) is 12.1 Å². The third-order valence-electron chi connectivity index (χ3n) is 4.87. The van der Waals surface area contributed by atoms with Crippen molar-refractivity contribution in [2.45, 2.75) is 31.8 Å². The summed E-state index contributed by atoms with van der Waals surface area (Å²) in [4.78, 5) is 14.5. The molecule has 2 aromatic rings. The minimum Gasteiger partial charge on any atom is -0.376 e. The van der Waals surface area contributed by atoms with Gasteiger partial charge in [-0.2, -0.15) is 4.52 Å². The van der Waals surface area contributed by atoms with Gasteiger partial charge in [0.25, 0.3) is 0 Å². The fourth-order valence-electron chi connectivity index (χ4n) is 3.42. The topological polar surface area (TPSA) is 84.6 Å². The van der Waals surface area contributed by atoms with Crippen molar-refractivity contribution in [1.29, 1.82) is 0 Å². The molecule has 128 valence electrons. The van der Waals surface area contributed by atoms with E-state index in [2.05, 4.69) is 25.5 Å². The van der Waals surface area contributed by atoms with Gasteiger partial charge in [-0.1, -0.05) is 0 Å². The van der Waals surface area contributed by atoms with Crippen LogP contribution in [-0.2, 0) is 9.53 Å². The largest absolute Gasteiger partial charge is 0.376 e. The highest BCUT2D eigenvalue weighted by atomic mass is 16.5. The number of carbonyl (C=O) groups is 1. The highest BCUT2D eigenvalue weighted by Crippen LogP contribution is 2.22. The van der Waals surface area contributed by atoms with Crippen molar-refractivity contribution in [2.75, 3.05) is 31.1 Å². The van der Waals surface area contributed by atoms with Crippen LogP contribution in [0.4, 0.5) is 5.82 Å². The molecule has 0 bridgehead atoms. The van der Waals surface area contributed by atoms with Gasteiger partial charge in [-0.3, -0.25) is 4.79 Å². The van der Waals surface area contributed by atoms with Crippen molar-refractivity contribution in [3.63, 3.8) is 0 Å². The van der Waals surface area contributed by atoms with E-state index in [9.17, 15) is 4.79 Å².